The van der Waals surface area contributed by atoms with E-state index in [-0.39, 0.29) is 0 Å². The Morgan fingerprint density at radius 3 is 2.50 bits per heavy atom. The van der Waals surface area contributed by atoms with Crippen LogP contribution >= 0.6 is 0 Å². The summed E-state index contributed by atoms with van der Waals surface area (Å²) in [5.41, 5.74) is 2.61. The Labute approximate surface area is 106 Å². The van der Waals surface area contributed by atoms with Gasteiger partial charge in [0.2, 0.25) is 6.79 Å². The second-order valence-electron chi connectivity index (χ2n) is 4.37. The number of hydrogen-bond acceptors (Lipinski definition) is 2. The van der Waals surface area contributed by atoms with E-state index in [1.807, 2.05) is 12.1 Å². The zero-order chi connectivity index (χ0) is 12.2. The van der Waals surface area contributed by atoms with Crippen molar-refractivity contribution in [1.82, 2.24) is 0 Å². The zero-order valence-corrected chi connectivity index (χ0v) is 10.1. The lowest BCUT2D eigenvalue weighted by Crippen LogP contribution is -2.80. The summed E-state index contributed by atoms with van der Waals surface area (Å²) in [5.74, 6) is 1.71. The van der Waals surface area contributed by atoms with Crippen molar-refractivity contribution in [3.8, 4) is 11.5 Å². The van der Waals surface area contributed by atoms with Gasteiger partial charge < -0.3 is 14.8 Å². The summed E-state index contributed by atoms with van der Waals surface area (Å²) in [6.45, 7) is 2.29. The summed E-state index contributed by atoms with van der Waals surface area (Å²) in [5, 5.41) is 2.28. The Kier molecular flexibility index (Phi) is 3.15. The maximum atomic E-state index is 5.37. The molecular formula is C15H16NO2+. The van der Waals surface area contributed by atoms with E-state index in [1.165, 1.54) is 11.1 Å². The highest BCUT2D eigenvalue weighted by Crippen LogP contribution is 2.32. The van der Waals surface area contributed by atoms with Gasteiger partial charge in [0.05, 0.1) is 0 Å². The van der Waals surface area contributed by atoms with Gasteiger partial charge in [-0.1, -0.05) is 30.3 Å². The molecule has 2 aromatic carbocycles. The summed E-state index contributed by atoms with van der Waals surface area (Å²) in [4.78, 5) is 0. The first-order valence-electron chi connectivity index (χ1n) is 6.16. The molecule has 3 heteroatoms. The highest BCUT2D eigenvalue weighted by molar-refractivity contribution is 5.44. The molecular weight excluding hydrogens is 226 g/mol. The highest BCUT2D eigenvalue weighted by atomic mass is 16.7. The predicted molar refractivity (Wildman–Crippen MR) is 68.3 cm³/mol. The summed E-state index contributed by atoms with van der Waals surface area (Å²) in [6.07, 6.45) is 0. The first kappa shape index (κ1) is 11.1. The van der Waals surface area contributed by atoms with Crippen molar-refractivity contribution in [2.24, 2.45) is 0 Å². The summed E-state index contributed by atoms with van der Waals surface area (Å²) >= 11 is 0. The van der Waals surface area contributed by atoms with Gasteiger partial charge in [-0.3, -0.25) is 0 Å². The molecule has 92 valence electrons. The molecule has 0 amide bonds. The van der Waals surface area contributed by atoms with Crippen molar-refractivity contribution < 1.29 is 14.8 Å². The minimum Gasteiger partial charge on any atom is -0.454 e. The van der Waals surface area contributed by atoms with Gasteiger partial charge in [0, 0.05) is 11.1 Å². The molecule has 0 aliphatic carbocycles. The number of hydrogen-bond donors (Lipinski definition) is 1. The summed E-state index contributed by atoms with van der Waals surface area (Å²) < 4.78 is 10.7. The first-order valence-corrected chi connectivity index (χ1v) is 6.16. The highest BCUT2D eigenvalue weighted by Gasteiger charge is 2.13. The van der Waals surface area contributed by atoms with E-state index in [4.69, 9.17) is 9.47 Å². The fourth-order valence-corrected chi connectivity index (χ4v) is 2.09. The van der Waals surface area contributed by atoms with E-state index in [9.17, 15) is 0 Å². The fraction of sp³-hybridized carbons (Fsp3) is 0.200. The van der Waals surface area contributed by atoms with Crippen molar-refractivity contribution in [3.05, 3.63) is 59.7 Å². The van der Waals surface area contributed by atoms with E-state index in [1.54, 1.807) is 0 Å². The molecule has 0 fully saturated rings. The molecule has 1 aliphatic rings. The van der Waals surface area contributed by atoms with Gasteiger partial charge in [0.1, 0.15) is 13.1 Å². The average Bonchev–Trinajstić information content (AvgIpc) is 2.87. The lowest BCUT2D eigenvalue weighted by Gasteiger charge is -2.03. The van der Waals surface area contributed by atoms with Gasteiger partial charge in [0.25, 0.3) is 0 Å². The Morgan fingerprint density at radius 2 is 1.61 bits per heavy atom. The quantitative estimate of drug-likeness (QED) is 0.885. The molecule has 0 saturated heterocycles. The topological polar surface area (TPSA) is 35.1 Å². The maximum absolute atomic E-state index is 5.37. The molecule has 1 heterocycles. The zero-order valence-electron chi connectivity index (χ0n) is 10.1. The first-order chi connectivity index (χ1) is 8.92. The second kappa shape index (κ2) is 5.10. The van der Waals surface area contributed by atoms with E-state index < -0.39 is 0 Å². The second-order valence-corrected chi connectivity index (χ2v) is 4.37. The normalized spacial score (nSPS) is 12.7. The fourth-order valence-electron chi connectivity index (χ4n) is 2.09. The largest absolute Gasteiger partial charge is 0.454 e. The number of quaternary nitrogens is 1. The summed E-state index contributed by atoms with van der Waals surface area (Å²) in [7, 11) is 0. The third-order valence-electron chi connectivity index (χ3n) is 3.04. The lowest BCUT2D eigenvalue weighted by atomic mass is 10.2. The molecule has 0 aromatic heterocycles. The lowest BCUT2D eigenvalue weighted by molar-refractivity contribution is -0.686. The molecule has 0 radical (unpaired) electrons. The molecule has 0 atom stereocenters. The Morgan fingerprint density at radius 1 is 0.833 bits per heavy atom. The molecule has 0 bridgehead atoms. The molecule has 3 rings (SSSR count). The minimum atomic E-state index is 0.340. The van der Waals surface area contributed by atoms with Crippen molar-refractivity contribution in [3.63, 3.8) is 0 Å². The maximum Gasteiger partial charge on any atom is 0.231 e. The third-order valence-corrected chi connectivity index (χ3v) is 3.04. The van der Waals surface area contributed by atoms with Crippen LogP contribution in [0, 0.1) is 0 Å². The van der Waals surface area contributed by atoms with Crippen molar-refractivity contribution in [1.29, 1.82) is 0 Å². The van der Waals surface area contributed by atoms with Crippen LogP contribution in [0.5, 0.6) is 11.5 Å². The van der Waals surface area contributed by atoms with Crippen LogP contribution in [0.3, 0.4) is 0 Å². The number of benzene rings is 2. The Balaban J connectivity index is 1.57. The Bertz CT molecular complexity index is 525. The number of ether oxygens (including phenoxy) is 2. The number of nitrogens with two attached hydrogens (primary N) is 1. The van der Waals surface area contributed by atoms with E-state index in [2.05, 4.69) is 41.7 Å². The predicted octanol–water partition coefficient (Wildman–Crippen LogP) is 1.68. The van der Waals surface area contributed by atoms with E-state index >= 15 is 0 Å². The molecule has 0 unspecified atom stereocenters. The molecule has 2 N–H and O–H groups in total. The van der Waals surface area contributed by atoms with Crippen LogP contribution in [0.1, 0.15) is 11.1 Å². The van der Waals surface area contributed by atoms with Crippen molar-refractivity contribution in [2.45, 2.75) is 13.1 Å². The smallest absolute Gasteiger partial charge is 0.231 e. The van der Waals surface area contributed by atoms with Gasteiger partial charge in [-0.25, -0.2) is 0 Å². The number of rotatable bonds is 4. The number of fused-ring (bicyclic) bond motifs is 1. The average molecular weight is 242 g/mol. The molecule has 3 nitrogen and oxygen atoms in total. The van der Waals surface area contributed by atoms with Gasteiger partial charge in [0.15, 0.2) is 11.5 Å². The molecule has 2 aromatic rings. The van der Waals surface area contributed by atoms with E-state index in [0.29, 0.717) is 6.79 Å². The molecule has 1 aliphatic heterocycles. The van der Waals surface area contributed by atoms with Gasteiger partial charge in [-0.2, -0.15) is 0 Å². The standard InChI is InChI=1S/C15H15NO2/c1-2-4-12(5-3-1)9-16-10-13-6-7-14-15(8-13)18-11-17-14/h1-8,16H,9-11H2/p+1. The van der Waals surface area contributed by atoms with Crippen LogP contribution < -0.4 is 14.8 Å². The SMILES string of the molecule is c1ccc(C[NH2+]Cc2ccc3c(c2)OCO3)cc1. The minimum absolute atomic E-state index is 0.340. The van der Waals surface area contributed by atoms with Gasteiger partial charge in [-0.05, 0) is 18.2 Å². The van der Waals surface area contributed by atoms with Crippen molar-refractivity contribution in [2.75, 3.05) is 6.79 Å². The van der Waals surface area contributed by atoms with Crippen molar-refractivity contribution >= 4 is 0 Å². The summed E-state index contributed by atoms with van der Waals surface area (Å²) in [6, 6.07) is 16.6. The van der Waals surface area contributed by atoms with Crippen LogP contribution in [0.4, 0.5) is 0 Å². The Hall–Kier alpha value is -2.00. The molecule has 18 heavy (non-hydrogen) atoms. The van der Waals surface area contributed by atoms with E-state index in [0.717, 1.165) is 24.6 Å². The van der Waals surface area contributed by atoms with Crippen LogP contribution in [-0.2, 0) is 13.1 Å². The third kappa shape index (κ3) is 2.46. The molecule has 0 spiro atoms. The van der Waals surface area contributed by atoms with Crippen LogP contribution in [0.15, 0.2) is 48.5 Å². The monoisotopic (exact) mass is 242 g/mol. The van der Waals surface area contributed by atoms with Crippen LogP contribution in [0.2, 0.25) is 0 Å². The van der Waals surface area contributed by atoms with Crippen LogP contribution in [0.25, 0.3) is 0 Å². The van der Waals surface area contributed by atoms with Gasteiger partial charge in [-0.15, -0.1) is 0 Å². The van der Waals surface area contributed by atoms with Crippen LogP contribution in [-0.4, -0.2) is 6.79 Å². The molecule has 0 saturated carbocycles. The van der Waals surface area contributed by atoms with Gasteiger partial charge >= 0.3 is 0 Å².